The molecular formula is C16H24ClN3. The van der Waals surface area contributed by atoms with Crippen molar-refractivity contribution < 1.29 is 0 Å². The molecule has 2 fully saturated rings. The predicted octanol–water partition coefficient (Wildman–Crippen LogP) is 2.37. The highest BCUT2D eigenvalue weighted by Crippen LogP contribution is 2.30. The minimum Gasteiger partial charge on any atom is -0.329 e. The van der Waals surface area contributed by atoms with Crippen molar-refractivity contribution in [2.45, 2.75) is 18.9 Å². The Hall–Kier alpha value is -0.610. The van der Waals surface area contributed by atoms with E-state index in [-0.39, 0.29) is 0 Å². The van der Waals surface area contributed by atoms with Gasteiger partial charge < -0.3 is 10.6 Å². The van der Waals surface area contributed by atoms with E-state index in [2.05, 4.69) is 21.9 Å². The SMILES string of the molecule is NCC(c1cccc(Cl)c1)N1CCN(CC2CC2)CC1. The molecule has 110 valence electrons. The van der Waals surface area contributed by atoms with Gasteiger partial charge in [-0.15, -0.1) is 0 Å². The third-order valence-electron chi connectivity index (χ3n) is 4.52. The smallest absolute Gasteiger partial charge is 0.0472 e. The maximum absolute atomic E-state index is 6.10. The number of nitrogens with two attached hydrogens (primary N) is 1. The molecule has 3 rings (SSSR count). The summed E-state index contributed by atoms with van der Waals surface area (Å²) >= 11 is 6.10. The van der Waals surface area contributed by atoms with Crippen molar-refractivity contribution in [1.29, 1.82) is 0 Å². The predicted molar refractivity (Wildman–Crippen MR) is 84.0 cm³/mol. The number of hydrogen-bond acceptors (Lipinski definition) is 3. The molecule has 1 unspecified atom stereocenters. The van der Waals surface area contributed by atoms with Crippen molar-refractivity contribution in [1.82, 2.24) is 9.80 Å². The molecule has 0 amide bonds. The molecule has 1 aromatic carbocycles. The summed E-state index contributed by atoms with van der Waals surface area (Å²) in [7, 11) is 0. The van der Waals surface area contributed by atoms with E-state index in [1.807, 2.05) is 12.1 Å². The zero-order valence-corrected chi connectivity index (χ0v) is 12.7. The third kappa shape index (κ3) is 3.53. The van der Waals surface area contributed by atoms with Crippen molar-refractivity contribution >= 4 is 11.6 Å². The van der Waals surface area contributed by atoms with E-state index in [9.17, 15) is 0 Å². The molecule has 0 spiro atoms. The molecule has 1 aromatic rings. The molecule has 0 radical (unpaired) electrons. The van der Waals surface area contributed by atoms with Crippen molar-refractivity contribution in [3.8, 4) is 0 Å². The van der Waals surface area contributed by atoms with Gasteiger partial charge in [0.15, 0.2) is 0 Å². The van der Waals surface area contributed by atoms with E-state index in [0.717, 1.165) is 24.0 Å². The maximum atomic E-state index is 6.10. The molecule has 1 aliphatic carbocycles. The fourth-order valence-electron chi connectivity index (χ4n) is 3.13. The molecule has 4 heteroatoms. The van der Waals surface area contributed by atoms with Crippen LogP contribution in [0.5, 0.6) is 0 Å². The molecule has 0 aromatic heterocycles. The Morgan fingerprint density at radius 3 is 2.55 bits per heavy atom. The van der Waals surface area contributed by atoms with E-state index >= 15 is 0 Å². The Labute approximate surface area is 126 Å². The Morgan fingerprint density at radius 2 is 1.95 bits per heavy atom. The van der Waals surface area contributed by atoms with Gasteiger partial charge in [0.25, 0.3) is 0 Å². The highest BCUT2D eigenvalue weighted by molar-refractivity contribution is 6.30. The van der Waals surface area contributed by atoms with Crippen LogP contribution >= 0.6 is 11.6 Å². The monoisotopic (exact) mass is 293 g/mol. The first-order chi connectivity index (χ1) is 9.76. The number of benzene rings is 1. The van der Waals surface area contributed by atoms with E-state index in [0.29, 0.717) is 12.6 Å². The van der Waals surface area contributed by atoms with Gasteiger partial charge in [-0.3, -0.25) is 4.90 Å². The lowest BCUT2D eigenvalue weighted by molar-refractivity contribution is 0.0956. The lowest BCUT2D eigenvalue weighted by Gasteiger charge is -2.39. The fourth-order valence-corrected chi connectivity index (χ4v) is 3.33. The summed E-state index contributed by atoms with van der Waals surface area (Å²) in [5.74, 6) is 0.986. The number of hydrogen-bond donors (Lipinski definition) is 1. The van der Waals surface area contributed by atoms with Crippen LogP contribution in [0, 0.1) is 5.92 Å². The number of rotatable bonds is 5. The largest absolute Gasteiger partial charge is 0.329 e. The van der Waals surface area contributed by atoms with Crippen LogP contribution < -0.4 is 5.73 Å². The summed E-state index contributed by atoms with van der Waals surface area (Å²) in [4.78, 5) is 5.12. The number of nitrogens with zero attached hydrogens (tertiary/aromatic N) is 2. The Morgan fingerprint density at radius 1 is 1.20 bits per heavy atom. The van der Waals surface area contributed by atoms with E-state index in [1.165, 1.54) is 38.0 Å². The van der Waals surface area contributed by atoms with Crippen LogP contribution in [0.3, 0.4) is 0 Å². The summed E-state index contributed by atoms with van der Waals surface area (Å²) < 4.78 is 0. The van der Waals surface area contributed by atoms with Gasteiger partial charge in [-0.2, -0.15) is 0 Å². The molecule has 0 bridgehead atoms. The van der Waals surface area contributed by atoms with Gasteiger partial charge in [0, 0.05) is 50.3 Å². The lowest BCUT2D eigenvalue weighted by Crippen LogP contribution is -2.49. The molecule has 1 atom stereocenters. The van der Waals surface area contributed by atoms with Crippen LogP contribution in [0.4, 0.5) is 0 Å². The minimum absolute atomic E-state index is 0.303. The molecule has 2 N–H and O–H groups in total. The number of piperazine rings is 1. The maximum Gasteiger partial charge on any atom is 0.0472 e. The van der Waals surface area contributed by atoms with Crippen molar-refractivity contribution in [3.63, 3.8) is 0 Å². The first-order valence-electron chi connectivity index (χ1n) is 7.68. The summed E-state index contributed by atoms with van der Waals surface area (Å²) in [6, 6.07) is 8.43. The van der Waals surface area contributed by atoms with Gasteiger partial charge in [0.1, 0.15) is 0 Å². The quantitative estimate of drug-likeness (QED) is 0.905. The number of halogens is 1. The van der Waals surface area contributed by atoms with Gasteiger partial charge >= 0.3 is 0 Å². The summed E-state index contributed by atoms with van der Waals surface area (Å²) in [5.41, 5.74) is 7.26. The van der Waals surface area contributed by atoms with Crippen LogP contribution in [0.25, 0.3) is 0 Å². The second-order valence-corrected chi connectivity index (χ2v) is 6.52. The molecule has 1 aliphatic heterocycles. The average molecular weight is 294 g/mol. The van der Waals surface area contributed by atoms with Gasteiger partial charge in [-0.25, -0.2) is 0 Å². The molecule has 1 saturated carbocycles. The molecule has 20 heavy (non-hydrogen) atoms. The topological polar surface area (TPSA) is 32.5 Å². The standard InChI is InChI=1S/C16H24ClN3/c17-15-3-1-2-14(10-15)16(11-18)20-8-6-19(7-9-20)12-13-4-5-13/h1-3,10,13,16H,4-9,11-12,18H2. The van der Waals surface area contributed by atoms with Crippen LogP contribution in [-0.2, 0) is 0 Å². The second-order valence-electron chi connectivity index (χ2n) is 6.09. The first kappa shape index (κ1) is 14.3. The van der Waals surface area contributed by atoms with Crippen LogP contribution in [0.1, 0.15) is 24.4 Å². The van der Waals surface area contributed by atoms with Gasteiger partial charge in [0.05, 0.1) is 0 Å². The second kappa shape index (κ2) is 6.44. The first-order valence-corrected chi connectivity index (χ1v) is 8.06. The van der Waals surface area contributed by atoms with Gasteiger partial charge in [-0.1, -0.05) is 23.7 Å². The highest BCUT2D eigenvalue weighted by Gasteiger charge is 2.28. The van der Waals surface area contributed by atoms with E-state index in [1.54, 1.807) is 0 Å². The third-order valence-corrected chi connectivity index (χ3v) is 4.75. The molecular weight excluding hydrogens is 270 g/mol. The van der Waals surface area contributed by atoms with Gasteiger partial charge in [-0.05, 0) is 36.5 Å². The molecule has 1 saturated heterocycles. The minimum atomic E-state index is 0.303. The summed E-state index contributed by atoms with van der Waals surface area (Å²) in [5, 5.41) is 0.799. The van der Waals surface area contributed by atoms with E-state index < -0.39 is 0 Å². The summed E-state index contributed by atoms with van der Waals surface area (Å²) in [6.45, 7) is 6.53. The summed E-state index contributed by atoms with van der Waals surface area (Å²) in [6.07, 6.45) is 2.88. The van der Waals surface area contributed by atoms with Crippen LogP contribution in [0.15, 0.2) is 24.3 Å². The Bertz CT molecular complexity index is 439. The highest BCUT2D eigenvalue weighted by atomic mass is 35.5. The molecule has 3 nitrogen and oxygen atoms in total. The Kier molecular flexibility index (Phi) is 4.61. The van der Waals surface area contributed by atoms with Gasteiger partial charge in [0.2, 0.25) is 0 Å². The average Bonchev–Trinajstić information content (AvgIpc) is 3.26. The normalized spacial score (nSPS) is 22.9. The lowest BCUT2D eigenvalue weighted by atomic mass is 10.0. The fraction of sp³-hybridized carbons (Fsp3) is 0.625. The van der Waals surface area contributed by atoms with Crippen LogP contribution in [0.2, 0.25) is 5.02 Å². The Balaban J connectivity index is 1.59. The van der Waals surface area contributed by atoms with Crippen LogP contribution in [-0.4, -0.2) is 49.1 Å². The van der Waals surface area contributed by atoms with Crippen molar-refractivity contribution in [2.24, 2.45) is 11.7 Å². The zero-order valence-electron chi connectivity index (χ0n) is 12.0. The van der Waals surface area contributed by atoms with Crippen molar-refractivity contribution in [3.05, 3.63) is 34.9 Å². The molecule has 2 aliphatic rings. The van der Waals surface area contributed by atoms with Crippen molar-refractivity contribution in [2.75, 3.05) is 39.3 Å². The molecule has 1 heterocycles. The zero-order chi connectivity index (χ0) is 13.9. The van der Waals surface area contributed by atoms with E-state index in [4.69, 9.17) is 17.3 Å².